The predicted molar refractivity (Wildman–Crippen MR) is 228 cm³/mol. The summed E-state index contributed by atoms with van der Waals surface area (Å²) >= 11 is 0. The number of unbranched alkanes of at least 4 members (excludes halogenated alkanes) is 2. The van der Waals surface area contributed by atoms with E-state index in [0.717, 1.165) is 24.0 Å². The molecule has 6 atom stereocenters. The van der Waals surface area contributed by atoms with Gasteiger partial charge in [0.15, 0.2) is 0 Å². The van der Waals surface area contributed by atoms with Crippen LogP contribution in [-0.2, 0) is 9.57 Å². The Morgan fingerprint density at radius 3 is 2.34 bits per heavy atom. The number of anilines is 1. The third-order valence-electron chi connectivity index (χ3n) is 11.7. The summed E-state index contributed by atoms with van der Waals surface area (Å²) < 4.78 is 36.4. The first-order chi connectivity index (χ1) is 30.0. The van der Waals surface area contributed by atoms with Crippen LogP contribution in [0.25, 0.3) is 0 Å². The van der Waals surface area contributed by atoms with E-state index in [-0.39, 0.29) is 55.3 Å². The highest BCUT2D eigenvalue weighted by Crippen LogP contribution is 2.62. The summed E-state index contributed by atoms with van der Waals surface area (Å²) in [6.45, 7) is 4.02. The third kappa shape index (κ3) is 9.64. The highest BCUT2D eigenvalue weighted by atomic mass is 16.7. The number of carbonyl (C=O) groups is 2. The normalized spacial score (nSPS) is 22.8. The highest BCUT2D eigenvalue weighted by molar-refractivity contribution is 6.03. The van der Waals surface area contributed by atoms with Crippen molar-refractivity contribution in [2.75, 3.05) is 53.5 Å². The van der Waals surface area contributed by atoms with Crippen molar-refractivity contribution in [3.05, 3.63) is 101 Å². The van der Waals surface area contributed by atoms with E-state index >= 15 is 0 Å². The Balaban J connectivity index is 1.47. The van der Waals surface area contributed by atoms with E-state index < -0.39 is 40.8 Å². The first-order valence-corrected chi connectivity index (χ1v) is 20.5. The van der Waals surface area contributed by atoms with Gasteiger partial charge in [-0.1, -0.05) is 30.1 Å². The molecule has 0 unspecified atom stereocenters. The SMILES string of the molecule is C=CCO[C@@]12Oc3ccc(OC(=O)Nc4ccc(OC)cc4OC)cc3[C@H]3[C@H](CCCCO)[C@@H](CCCCO)C=C(C(=NOC)C[C@@H]1N(C)C(=O)Oc1ccc([N+](=O)[O-])cc1)[C@H]32. The van der Waals surface area contributed by atoms with E-state index in [1.54, 1.807) is 49.5 Å². The summed E-state index contributed by atoms with van der Waals surface area (Å²) in [5.74, 6) is -1.01. The molecule has 3 N–H and O–H groups in total. The molecule has 2 aliphatic carbocycles. The van der Waals surface area contributed by atoms with Gasteiger partial charge in [0.25, 0.3) is 5.69 Å². The van der Waals surface area contributed by atoms with Crippen LogP contribution in [0, 0.1) is 27.9 Å². The molecule has 6 rings (SSSR count). The number of likely N-dealkylation sites (N-methyl/N-ethyl adjacent to an activating group) is 1. The van der Waals surface area contributed by atoms with Gasteiger partial charge in [0, 0.05) is 56.4 Å². The van der Waals surface area contributed by atoms with Gasteiger partial charge in [-0.3, -0.25) is 15.4 Å². The molecule has 332 valence electrons. The van der Waals surface area contributed by atoms with Crippen molar-refractivity contribution in [3.8, 4) is 28.7 Å². The lowest BCUT2D eigenvalue weighted by Gasteiger charge is -2.59. The number of fused-ring (bicyclic) bond motifs is 2. The third-order valence-corrected chi connectivity index (χ3v) is 11.7. The van der Waals surface area contributed by atoms with Gasteiger partial charge in [0.1, 0.15) is 41.9 Å². The summed E-state index contributed by atoms with van der Waals surface area (Å²) in [6.07, 6.45) is 6.43. The van der Waals surface area contributed by atoms with Crippen molar-refractivity contribution in [3.63, 3.8) is 0 Å². The Hall–Kier alpha value is -6.17. The fraction of sp³-hybridized carbons (Fsp3) is 0.444. The molecule has 3 aromatic carbocycles. The maximum atomic E-state index is 14.1. The summed E-state index contributed by atoms with van der Waals surface area (Å²) in [7, 11) is 6.02. The number of oxime groups is 1. The predicted octanol–water partition coefficient (Wildman–Crippen LogP) is 7.62. The molecule has 0 radical (unpaired) electrons. The van der Waals surface area contributed by atoms with Gasteiger partial charge >= 0.3 is 12.2 Å². The minimum absolute atomic E-state index is 0.0175. The summed E-state index contributed by atoms with van der Waals surface area (Å²) in [6, 6.07) is 14.4. The lowest BCUT2D eigenvalue weighted by molar-refractivity contribution is -0.384. The van der Waals surface area contributed by atoms with Crippen LogP contribution in [0.2, 0.25) is 0 Å². The average Bonchev–Trinajstić information content (AvgIpc) is 3.27. The molecule has 1 fully saturated rings. The summed E-state index contributed by atoms with van der Waals surface area (Å²) in [4.78, 5) is 45.1. The van der Waals surface area contributed by atoms with Crippen LogP contribution in [0.3, 0.4) is 0 Å². The van der Waals surface area contributed by atoms with Crippen molar-refractivity contribution >= 4 is 29.3 Å². The van der Waals surface area contributed by atoms with Crippen LogP contribution >= 0.6 is 0 Å². The van der Waals surface area contributed by atoms with Crippen LogP contribution in [0.5, 0.6) is 28.7 Å². The van der Waals surface area contributed by atoms with Crippen molar-refractivity contribution in [1.82, 2.24) is 4.90 Å². The molecule has 3 aromatic rings. The second-order valence-corrected chi connectivity index (χ2v) is 15.3. The van der Waals surface area contributed by atoms with Crippen LogP contribution in [0.4, 0.5) is 21.0 Å². The number of hydrogen-bond acceptors (Lipinski definition) is 14. The van der Waals surface area contributed by atoms with Gasteiger partial charge in [-0.25, -0.2) is 9.59 Å². The van der Waals surface area contributed by atoms with E-state index in [4.69, 9.17) is 33.3 Å². The average molecular weight is 859 g/mol. The van der Waals surface area contributed by atoms with Gasteiger partial charge in [-0.2, -0.15) is 0 Å². The fourth-order valence-corrected chi connectivity index (χ4v) is 8.98. The van der Waals surface area contributed by atoms with E-state index in [2.05, 4.69) is 23.1 Å². The number of rotatable bonds is 19. The van der Waals surface area contributed by atoms with E-state index in [9.17, 15) is 29.9 Å². The molecule has 0 aromatic heterocycles. The number of non-ortho nitro benzene ring substituents is 1. The molecule has 1 heterocycles. The number of nitro groups is 1. The lowest BCUT2D eigenvalue weighted by atomic mass is 9.55. The summed E-state index contributed by atoms with van der Waals surface area (Å²) in [5, 5.41) is 38.2. The molecule has 1 saturated carbocycles. The molecule has 0 spiro atoms. The molecular formula is C45H54N4O13. The highest BCUT2D eigenvalue weighted by Gasteiger charge is 2.65. The zero-order valence-corrected chi connectivity index (χ0v) is 35.3. The zero-order valence-electron chi connectivity index (χ0n) is 35.3. The number of allylic oxidation sites excluding steroid dienone is 1. The number of methoxy groups -OCH3 is 2. The van der Waals surface area contributed by atoms with Crippen LogP contribution < -0.4 is 29.0 Å². The van der Waals surface area contributed by atoms with Crippen LogP contribution in [0.15, 0.2) is 90.1 Å². The molecule has 17 nitrogen and oxygen atoms in total. The molecule has 1 aliphatic heterocycles. The largest absolute Gasteiger partial charge is 0.497 e. The smallest absolute Gasteiger partial charge is 0.417 e. The van der Waals surface area contributed by atoms with Gasteiger partial charge in [0.05, 0.1) is 43.1 Å². The second-order valence-electron chi connectivity index (χ2n) is 15.3. The number of nitro benzene ring substituents is 1. The quantitative estimate of drug-likeness (QED) is 0.0459. The van der Waals surface area contributed by atoms with E-state index in [0.29, 0.717) is 54.3 Å². The first-order valence-electron chi connectivity index (χ1n) is 20.5. The number of nitrogens with zero attached hydrogens (tertiary/aromatic N) is 3. The number of aliphatic hydroxyl groups excluding tert-OH is 2. The number of carbonyl (C=O) groups excluding carboxylic acids is 2. The van der Waals surface area contributed by atoms with E-state index in [1.165, 1.54) is 50.5 Å². The lowest BCUT2D eigenvalue weighted by Crippen LogP contribution is -2.69. The first kappa shape index (κ1) is 45.4. The second kappa shape index (κ2) is 20.6. The molecule has 3 aliphatic rings. The van der Waals surface area contributed by atoms with Crippen molar-refractivity contribution in [2.45, 2.75) is 62.7 Å². The molecular weight excluding hydrogens is 805 g/mol. The standard InChI is InChI=1S/C45H54N4O13/c1-6-23-59-45-40(48(2)44(53)61-30-15-13-29(14-16-30)49(54)55)27-37(47-58-5)34-24-28(11-7-9-21-50)33(12-8-10-22-51)41(42(34)45)35-25-32(18-20-38(35)62-45)60-43(52)46-36-19-17-31(56-3)26-39(36)57-4/h6,13-20,24-26,28,33,40-42,50-51H,1,7-12,21-23,27H2,2-5H3,(H,46,52)/t28-,33+,40-,41+,42+,45+/m0/s1. The number of hydrogen-bond donors (Lipinski definition) is 3. The van der Waals surface area contributed by atoms with Gasteiger partial charge in [0.2, 0.25) is 5.79 Å². The number of nitrogens with one attached hydrogen (secondary N) is 1. The Bertz CT molecular complexity index is 2140. The van der Waals surface area contributed by atoms with Crippen molar-refractivity contribution < 1.29 is 58.0 Å². The van der Waals surface area contributed by atoms with Gasteiger partial charge in [-0.05, 0) is 85.6 Å². The number of ether oxygens (including phenoxy) is 6. The molecule has 62 heavy (non-hydrogen) atoms. The molecule has 0 saturated heterocycles. The van der Waals surface area contributed by atoms with E-state index in [1.807, 2.05) is 0 Å². The van der Waals surface area contributed by atoms with Gasteiger partial charge in [-0.15, -0.1) is 6.58 Å². The minimum atomic E-state index is -1.57. The van der Waals surface area contributed by atoms with Gasteiger partial charge < -0.3 is 48.4 Å². The molecule has 17 heteroatoms. The minimum Gasteiger partial charge on any atom is -0.497 e. The number of amides is 2. The van der Waals surface area contributed by atoms with Crippen molar-refractivity contribution in [2.24, 2.45) is 22.9 Å². The summed E-state index contributed by atoms with van der Waals surface area (Å²) in [5.41, 5.74) is 2.32. The molecule has 2 amide bonds. The Morgan fingerprint density at radius 1 is 0.968 bits per heavy atom. The topological polar surface area (TPSA) is 210 Å². The molecule has 0 bridgehead atoms. The van der Waals surface area contributed by atoms with Crippen LogP contribution in [0.1, 0.15) is 56.4 Å². The maximum absolute atomic E-state index is 14.1. The van der Waals surface area contributed by atoms with Crippen molar-refractivity contribution in [1.29, 1.82) is 0 Å². The fourth-order valence-electron chi connectivity index (χ4n) is 8.98. The Kier molecular flexibility index (Phi) is 15.1. The number of benzene rings is 3. The van der Waals surface area contributed by atoms with Crippen LogP contribution in [-0.4, -0.2) is 98.0 Å². The zero-order chi connectivity index (χ0) is 44.4. The Morgan fingerprint density at radius 2 is 1.68 bits per heavy atom. The monoisotopic (exact) mass is 858 g/mol. The number of aliphatic hydroxyl groups is 2. The Labute approximate surface area is 360 Å². The maximum Gasteiger partial charge on any atom is 0.417 e.